The number of aliphatic carboxylic acids is 1. The number of carboxylic acid groups (broad SMARTS) is 1. The molecule has 3 aliphatic rings. The van der Waals surface area contributed by atoms with E-state index in [1.165, 1.54) is 25.8 Å². The number of hydrogen-bond donors (Lipinski definition) is 2. The Morgan fingerprint density at radius 2 is 2.06 bits per heavy atom. The smallest absolute Gasteiger partial charge is 0.308 e. The Morgan fingerprint density at radius 3 is 2.78 bits per heavy atom. The van der Waals surface area contributed by atoms with E-state index in [1.807, 2.05) is 0 Å². The van der Waals surface area contributed by atoms with E-state index in [-0.39, 0.29) is 12.0 Å². The highest BCUT2D eigenvalue weighted by atomic mass is 16.4. The Morgan fingerprint density at radius 1 is 1.28 bits per heavy atom. The second kappa shape index (κ2) is 4.82. The number of likely N-dealkylation sites (N-methyl/N-ethyl adjacent to an activating group) is 1. The first-order valence-corrected chi connectivity index (χ1v) is 7.32. The predicted octanol–water partition coefficient (Wildman–Crippen LogP) is 1.17. The van der Waals surface area contributed by atoms with E-state index in [9.17, 15) is 9.90 Å². The van der Waals surface area contributed by atoms with E-state index in [0.717, 1.165) is 19.4 Å². The SMILES string of the molecule is CN1CCCC(NC2C3CCC(C3)C2C(=O)O)C1. The van der Waals surface area contributed by atoms with Crippen molar-refractivity contribution < 1.29 is 9.90 Å². The molecule has 0 aromatic carbocycles. The van der Waals surface area contributed by atoms with Crippen LogP contribution in [0.3, 0.4) is 0 Å². The minimum absolute atomic E-state index is 0.129. The number of carboxylic acids is 1. The molecule has 3 fully saturated rings. The fourth-order valence-corrected chi connectivity index (χ4v) is 4.46. The Labute approximate surface area is 109 Å². The molecule has 2 N–H and O–H groups in total. The van der Waals surface area contributed by atoms with Crippen molar-refractivity contribution in [2.45, 2.75) is 44.2 Å². The number of piperidine rings is 1. The quantitative estimate of drug-likeness (QED) is 0.791. The zero-order chi connectivity index (χ0) is 12.7. The maximum atomic E-state index is 11.5. The van der Waals surface area contributed by atoms with Crippen LogP contribution in [0, 0.1) is 17.8 Å². The van der Waals surface area contributed by atoms with Gasteiger partial charge in [-0.05, 0) is 57.5 Å². The van der Waals surface area contributed by atoms with Crippen LogP contribution < -0.4 is 5.32 Å². The zero-order valence-electron chi connectivity index (χ0n) is 11.1. The molecule has 0 aromatic heterocycles. The van der Waals surface area contributed by atoms with Gasteiger partial charge in [0.2, 0.25) is 0 Å². The lowest BCUT2D eigenvalue weighted by atomic mass is 9.83. The molecular weight excluding hydrogens is 228 g/mol. The minimum atomic E-state index is -0.580. The second-order valence-electron chi connectivity index (χ2n) is 6.49. The first-order chi connectivity index (χ1) is 8.65. The Balaban J connectivity index is 1.65. The summed E-state index contributed by atoms with van der Waals surface area (Å²) in [7, 11) is 2.16. The van der Waals surface area contributed by atoms with Crippen LogP contribution in [0.25, 0.3) is 0 Å². The van der Waals surface area contributed by atoms with Crippen molar-refractivity contribution in [3.8, 4) is 0 Å². The molecular formula is C14H24N2O2. The molecule has 0 radical (unpaired) electrons. The summed E-state index contributed by atoms with van der Waals surface area (Å²) in [6, 6.07) is 0.729. The molecule has 5 unspecified atom stereocenters. The van der Waals surface area contributed by atoms with Gasteiger partial charge in [-0.25, -0.2) is 0 Å². The molecule has 3 rings (SSSR count). The fraction of sp³-hybridized carbons (Fsp3) is 0.929. The van der Waals surface area contributed by atoms with Crippen LogP contribution in [0.15, 0.2) is 0 Å². The normalized spacial score (nSPS) is 44.4. The Bertz CT molecular complexity index is 334. The third kappa shape index (κ3) is 2.16. The summed E-state index contributed by atoms with van der Waals surface area (Å²) in [6.45, 7) is 2.25. The highest BCUT2D eigenvalue weighted by Crippen LogP contribution is 2.48. The third-order valence-corrected chi connectivity index (χ3v) is 5.25. The van der Waals surface area contributed by atoms with Gasteiger partial charge in [0.25, 0.3) is 0 Å². The number of carbonyl (C=O) groups is 1. The number of nitrogens with zero attached hydrogens (tertiary/aromatic N) is 1. The van der Waals surface area contributed by atoms with Crippen molar-refractivity contribution in [1.82, 2.24) is 10.2 Å². The maximum absolute atomic E-state index is 11.5. The van der Waals surface area contributed by atoms with Gasteiger partial charge in [0.1, 0.15) is 0 Å². The van der Waals surface area contributed by atoms with Crippen LogP contribution in [0.2, 0.25) is 0 Å². The first-order valence-electron chi connectivity index (χ1n) is 7.32. The van der Waals surface area contributed by atoms with Crippen LogP contribution >= 0.6 is 0 Å². The van der Waals surface area contributed by atoms with Gasteiger partial charge in [0.15, 0.2) is 0 Å². The standard InChI is InChI=1S/C14H24N2O2/c1-16-6-2-3-11(8-16)15-13-10-5-4-9(7-10)12(13)14(17)18/h9-13,15H,2-8H2,1H3,(H,17,18). The maximum Gasteiger partial charge on any atom is 0.308 e. The molecule has 0 aromatic rings. The van der Waals surface area contributed by atoms with Crippen LogP contribution in [0.4, 0.5) is 0 Å². The number of rotatable bonds is 3. The topological polar surface area (TPSA) is 52.6 Å². The molecule has 1 saturated heterocycles. The van der Waals surface area contributed by atoms with Gasteiger partial charge < -0.3 is 15.3 Å². The molecule has 4 nitrogen and oxygen atoms in total. The molecule has 18 heavy (non-hydrogen) atoms. The summed E-state index contributed by atoms with van der Waals surface area (Å²) in [4.78, 5) is 13.8. The highest BCUT2D eigenvalue weighted by molar-refractivity contribution is 5.72. The lowest BCUT2D eigenvalue weighted by molar-refractivity contribution is -0.144. The molecule has 2 saturated carbocycles. The average molecular weight is 252 g/mol. The zero-order valence-corrected chi connectivity index (χ0v) is 11.1. The Hall–Kier alpha value is -0.610. The summed E-state index contributed by atoms with van der Waals surface area (Å²) in [6.07, 6.45) is 5.92. The molecule has 1 aliphatic heterocycles. The lowest BCUT2D eigenvalue weighted by Gasteiger charge is -2.36. The van der Waals surface area contributed by atoms with Gasteiger partial charge in [0, 0.05) is 18.6 Å². The van der Waals surface area contributed by atoms with Crippen molar-refractivity contribution >= 4 is 5.97 Å². The lowest BCUT2D eigenvalue weighted by Crippen LogP contribution is -2.53. The van der Waals surface area contributed by atoms with E-state index in [0.29, 0.717) is 17.9 Å². The number of hydrogen-bond acceptors (Lipinski definition) is 3. The van der Waals surface area contributed by atoms with Crippen molar-refractivity contribution in [1.29, 1.82) is 0 Å². The summed E-state index contributed by atoms with van der Waals surface area (Å²) >= 11 is 0. The van der Waals surface area contributed by atoms with E-state index in [1.54, 1.807) is 0 Å². The summed E-state index contributed by atoms with van der Waals surface area (Å²) in [5.74, 6) is 0.342. The predicted molar refractivity (Wildman–Crippen MR) is 69.4 cm³/mol. The van der Waals surface area contributed by atoms with Crippen LogP contribution in [-0.2, 0) is 4.79 Å². The number of nitrogens with one attached hydrogen (secondary N) is 1. The van der Waals surface area contributed by atoms with Gasteiger partial charge in [0.05, 0.1) is 5.92 Å². The van der Waals surface area contributed by atoms with Gasteiger partial charge >= 0.3 is 5.97 Å². The largest absolute Gasteiger partial charge is 0.481 e. The van der Waals surface area contributed by atoms with Gasteiger partial charge in [-0.1, -0.05) is 0 Å². The molecule has 1 heterocycles. The van der Waals surface area contributed by atoms with E-state index >= 15 is 0 Å². The molecule has 0 amide bonds. The highest BCUT2D eigenvalue weighted by Gasteiger charge is 2.51. The van der Waals surface area contributed by atoms with Gasteiger partial charge in [-0.2, -0.15) is 0 Å². The van der Waals surface area contributed by atoms with Crippen LogP contribution in [0.5, 0.6) is 0 Å². The van der Waals surface area contributed by atoms with Gasteiger partial charge in [-0.15, -0.1) is 0 Å². The number of likely N-dealkylation sites (tertiary alicyclic amines) is 1. The molecule has 0 spiro atoms. The van der Waals surface area contributed by atoms with E-state index in [2.05, 4.69) is 17.3 Å². The first kappa shape index (κ1) is 12.4. The summed E-state index contributed by atoms with van der Waals surface area (Å²) in [5, 5.41) is 13.1. The van der Waals surface area contributed by atoms with Gasteiger partial charge in [-0.3, -0.25) is 4.79 Å². The van der Waals surface area contributed by atoms with Crippen molar-refractivity contribution in [2.75, 3.05) is 20.1 Å². The van der Waals surface area contributed by atoms with Crippen molar-refractivity contribution in [2.24, 2.45) is 17.8 Å². The van der Waals surface area contributed by atoms with Crippen LogP contribution in [-0.4, -0.2) is 48.2 Å². The second-order valence-corrected chi connectivity index (χ2v) is 6.49. The summed E-state index contributed by atoms with van der Waals surface area (Å²) in [5.41, 5.74) is 0. The molecule has 102 valence electrons. The average Bonchev–Trinajstić information content (AvgIpc) is 2.89. The van der Waals surface area contributed by atoms with Crippen molar-refractivity contribution in [3.63, 3.8) is 0 Å². The monoisotopic (exact) mass is 252 g/mol. The number of fused-ring (bicyclic) bond motifs is 2. The Kier molecular flexibility index (Phi) is 3.32. The van der Waals surface area contributed by atoms with E-state index in [4.69, 9.17) is 0 Å². The minimum Gasteiger partial charge on any atom is -0.481 e. The van der Waals surface area contributed by atoms with E-state index < -0.39 is 5.97 Å². The molecule has 2 bridgehead atoms. The van der Waals surface area contributed by atoms with Crippen LogP contribution in [0.1, 0.15) is 32.1 Å². The molecule has 4 heteroatoms. The third-order valence-electron chi connectivity index (χ3n) is 5.25. The fourth-order valence-electron chi connectivity index (χ4n) is 4.46. The van der Waals surface area contributed by atoms with Crippen molar-refractivity contribution in [3.05, 3.63) is 0 Å². The molecule has 5 atom stereocenters. The summed E-state index contributed by atoms with van der Waals surface area (Å²) < 4.78 is 0. The molecule has 2 aliphatic carbocycles.